The van der Waals surface area contributed by atoms with Crippen LogP contribution in [0.4, 0.5) is 4.39 Å². The standard InChI is InChI=1S/C22H29FN4O/c1-24-22(25-11-10-18-6-8-21(23)9-7-18)26-16-19-4-2-3-5-20(19)17-27-12-14-28-15-13-27/h2-9H,10-17H2,1H3,(H2,24,25,26). The number of ether oxygens (including phenoxy) is 1. The zero-order chi connectivity index (χ0) is 19.6. The molecule has 1 fully saturated rings. The Balaban J connectivity index is 1.48. The lowest BCUT2D eigenvalue weighted by atomic mass is 10.1. The van der Waals surface area contributed by atoms with Crippen molar-refractivity contribution >= 4 is 5.96 Å². The Morgan fingerprint density at radius 1 is 1.04 bits per heavy atom. The topological polar surface area (TPSA) is 48.9 Å². The first-order valence-electron chi connectivity index (χ1n) is 9.80. The number of guanidine groups is 1. The lowest BCUT2D eigenvalue weighted by Crippen LogP contribution is -2.38. The second-order valence-corrected chi connectivity index (χ2v) is 6.89. The van der Waals surface area contributed by atoms with Crippen molar-refractivity contribution in [2.75, 3.05) is 39.9 Å². The smallest absolute Gasteiger partial charge is 0.191 e. The van der Waals surface area contributed by atoms with Gasteiger partial charge in [0.15, 0.2) is 5.96 Å². The van der Waals surface area contributed by atoms with Gasteiger partial charge in [0.1, 0.15) is 5.82 Å². The second kappa shape index (κ2) is 10.8. The van der Waals surface area contributed by atoms with Gasteiger partial charge < -0.3 is 15.4 Å². The summed E-state index contributed by atoms with van der Waals surface area (Å²) in [6, 6.07) is 15.1. The van der Waals surface area contributed by atoms with E-state index >= 15 is 0 Å². The van der Waals surface area contributed by atoms with E-state index in [1.165, 1.54) is 23.3 Å². The maximum Gasteiger partial charge on any atom is 0.191 e. The monoisotopic (exact) mass is 384 g/mol. The van der Waals surface area contributed by atoms with Crippen molar-refractivity contribution in [2.24, 2.45) is 4.99 Å². The van der Waals surface area contributed by atoms with Crippen molar-refractivity contribution in [1.29, 1.82) is 0 Å². The number of hydrogen-bond donors (Lipinski definition) is 2. The summed E-state index contributed by atoms with van der Waals surface area (Å²) in [5, 5.41) is 6.72. The minimum Gasteiger partial charge on any atom is -0.379 e. The molecular formula is C22H29FN4O. The van der Waals surface area contributed by atoms with E-state index in [4.69, 9.17) is 4.74 Å². The van der Waals surface area contributed by atoms with Crippen LogP contribution in [0.5, 0.6) is 0 Å². The Kier molecular flexibility index (Phi) is 7.82. The molecule has 0 unspecified atom stereocenters. The normalized spacial score (nSPS) is 15.4. The minimum atomic E-state index is -0.204. The number of nitrogens with zero attached hydrogens (tertiary/aromatic N) is 2. The van der Waals surface area contributed by atoms with Crippen molar-refractivity contribution in [2.45, 2.75) is 19.5 Å². The van der Waals surface area contributed by atoms with Crippen LogP contribution in [0.1, 0.15) is 16.7 Å². The quantitative estimate of drug-likeness (QED) is 0.569. The van der Waals surface area contributed by atoms with Gasteiger partial charge in [0, 0.05) is 39.8 Å². The number of morpholine rings is 1. The van der Waals surface area contributed by atoms with E-state index in [9.17, 15) is 4.39 Å². The number of rotatable bonds is 7. The number of hydrogen-bond acceptors (Lipinski definition) is 3. The van der Waals surface area contributed by atoms with Gasteiger partial charge in [-0.15, -0.1) is 0 Å². The average Bonchev–Trinajstić information content (AvgIpc) is 2.73. The molecule has 2 N–H and O–H groups in total. The van der Waals surface area contributed by atoms with Gasteiger partial charge in [-0.25, -0.2) is 4.39 Å². The van der Waals surface area contributed by atoms with Crippen LogP contribution in [0.25, 0.3) is 0 Å². The minimum absolute atomic E-state index is 0.204. The van der Waals surface area contributed by atoms with E-state index in [1.807, 2.05) is 12.1 Å². The molecule has 0 spiro atoms. The van der Waals surface area contributed by atoms with Gasteiger partial charge in [0.25, 0.3) is 0 Å². The van der Waals surface area contributed by atoms with Crippen LogP contribution in [0, 0.1) is 5.82 Å². The first-order valence-corrected chi connectivity index (χ1v) is 9.80. The summed E-state index contributed by atoms with van der Waals surface area (Å²) in [4.78, 5) is 6.73. The van der Waals surface area contributed by atoms with E-state index in [1.54, 1.807) is 7.05 Å². The molecule has 28 heavy (non-hydrogen) atoms. The molecule has 5 nitrogen and oxygen atoms in total. The van der Waals surface area contributed by atoms with Crippen LogP contribution in [-0.4, -0.2) is 50.8 Å². The highest BCUT2D eigenvalue weighted by molar-refractivity contribution is 5.79. The molecule has 0 atom stereocenters. The molecule has 0 aliphatic carbocycles. The number of nitrogens with one attached hydrogen (secondary N) is 2. The molecule has 0 saturated carbocycles. The summed E-state index contributed by atoms with van der Waals surface area (Å²) in [7, 11) is 1.77. The lowest BCUT2D eigenvalue weighted by molar-refractivity contribution is 0.0341. The van der Waals surface area contributed by atoms with Gasteiger partial charge in [-0.1, -0.05) is 36.4 Å². The first-order chi connectivity index (χ1) is 13.7. The van der Waals surface area contributed by atoms with Gasteiger partial charge in [-0.3, -0.25) is 9.89 Å². The predicted molar refractivity (Wildman–Crippen MR) is 111 cm³/mol. The molecule has 0 radical (unpaired) electrons. The first kappa shape index (κ1) is 20.3. The summed E-state index contributed by atoms with van der Waals surface area (Å²) in [6.07, 6.45) is 0.814. The zero-order valence-electron chi connectivity index (χ0n) is 16.5. The van der Waals surface area contributed by atoms with Crippen molar-refractivity contribution < 1.29 is 9.13 Å². The SMILES string of the molecule is CN=C(NCCc1ccc(F)cc1)NCc1ccccc1CN1CCOCC1. The van der Waals surface area contributed by atoms with E-state index < -0.39 is 0 Å². The molecule has 1 aliphatic rings. The fourth-order valence-electron chi connectivity index (χ4n) is 3.26. The summed E-state index contributed by atoms with van der Waals surface area (Å²) in [5.74, 6) is 0.563. The van der Waals surface area contributed by atoms with Crippen molar-refractivity contribution in [3.05, 3.63) is 71.0 Å². The molecule has 1 aliphatic heterocycles. The number of aliphatic imine (C=N–C) groups is 1. The van der Waals surface area contributed by atoms with Crippen LogP contribution < -0.4 is 10.6 Å². The molecule has 0 amide bonds. The predicted octanol–water partition coefficient (Wildman–Crippen LogP) is 2.57. The molecule has 0 bridgehead atoms. The maximum absolute atomic E-state index is 13.0. The van der Waals surface area contributed by atoms with Gasteiger partial charge in [0.05, 0.1) is 13.2 Å². The fourth-order valence-corrected chi connectivity index (χ4v) is 3.26. The molecule has 2 aromatic rings. The molecule has 2 aromatic carbocycles. The van der Waals surface area contributed by atoms with Crippen molar-refractivity contribution in [3.8, 4) is 0 Å². The van der Waals surface area contributed by atoms with Crippen LogP contribution >= 0.6 is 0 Å². The summed E-state index contributed by atoms with van der Waals surface area (Å²) in [6.45, 7) is 5.98. The molecule has 1 heterocycles. The van der Waals surface area contributed by atoms with E-state index in [0.717, 1.165) is 63.9 Å². The average molecular weight is 384 g/mol. The third-order valence-corrected chi connectivity index (χ3v) is 4.91. The number of halogens is 1. The van der Waals surface area contributed by atoms with Crippen LogP contribution in [-0.2, 0) is 24.2 Å². The van der Waals surface area contributed by atoms with E-state index in [-0.39, 0.29) is 5.82 Å². The highest BCUT2D eigenvalue weighted by atomic mass is 19.1. The third-order valence-electron chi connectivity index (χ3n) is 4.91. The summed E-state index contributed by atoms with van der Waals surface area (Å²) in [5.41, 5.74) is 3.70. The second-order valence-electron chi connectivity index (χ2n) is 6.89. The summed E-state index contributed by atoms with van der Waals surface area (Å²) < 4.78 is 18.4. The largest absolute Gasteiger partial charge is 0.379 e. The Hall–Kier alpha value is -2.44. The third kappa shape index (κ3) is 6.32. The van der Waals surface area contributed by atoms with Gasteiger partial charge in [-0.2, -0.15) is 0 Å². The Bertz CT molecular complexity index is 757. The number of benzene rings is 2. The van der Waals surface area contributed by atoms with Crippen molar-refractivity contribution in [3.63, 3.8) is 0 Å². The lowest BCUT2D eigenvalue weighted by Gasteiger charge is -2.27. The maximum atomic E-state index is 13.0. The van der Waals surface area contributed by atoms with Gasteiger partial charge in [0.2, 0.25) is 0 Å². The Morgan fingerprint density at radius 2 is 1.75 bits per heavy atom. The van der Waals surface area contributed by atoms with Crippen LogP contribution in [0.2, 0.25) is 0 Å². The highest BCUT2D eigenvalue weighted by Crippen LogP contribution is 2.13. The molecular weight excluding hydrogens is 355 g/mol. The van der Waals surface area contributed by atoms with Gasteiger partial charge >= 0.3 is 0 Å². The fraction of sp³-hybridized carbons (Fsp3) is 0.409. The van der Waals surface area contributed by atoms with Crippen LogP contribution in [0.3, 0.4) is 0 Å². The molecule has 6 heteroatoms. The van der Waals surface area contributed by atoms with E-state index in [2.05, 4.69) is 44.8 Å². The van der Waals surface area contributed by atoms with Crippen LogP contribution in [0.15, 0.2) is 53.5 Å². The Morgan fingerprint density at radius 3 is 2.46 bits per heavy atom. The highest BCUT2D eigenvalue weighted by Gasteiger charge is 2.12. The molecule has 3 rings (SSSR count). The van der Waals surface area contributed by atoms with E-state index in [0.29, 0.717) is 0 Å². The molecule has 1 saturated heterocycles. The Labute approximate surface area is 166 Å². The van der Waals surface area contributed by atoms with Gasteiger partial charge in [-0.05, 0) is 35.2 Å². The molecule has 150 valence electrons. The summed E-state index contributed by atoms with van der Waals surface area (Å²) >= 11 is 0. The molecule has 0 aromatic heterocycles. The van der Waals surface area contributed by atoms with Crippen molar-refractivity contribution in [1.82, 2.24) is 15.5 Å². The zero-order valence-corrected chi connectivity index (χ0v) is 16.5.